The van der Waals surface area contributed by atoms with Gasteiger partial charge in [0.2, 0.25) is 0 Å². The molecule has 0 aliphatic carbocycles. The van der Waals surface area contributed by atoms with Crippen molar-refractivity contribution in [2.75, 3.05) is 44.7 Å². The molecule has 3 rings (SSSR count). The first-order valence-corrected chi connectivity index (χ1v) is 11.4. The fourth-order valence-corrected chi connectivity index (χ4v) is 4.34. The van der Waals surface area contributed by atoms with E-state index >= 15 is 0 Å². The third kappa shape index (κ3) is 6.09. The molecule has 2 aromatic rings. The van der Waals surface area contributed by atoms with Gasteiger partial charge in [-0.3, -0.25) is 9.69 Å². The first-order valence-electron chi connectivity index (χ1n) is 11.4. The number of Topliss-reactive ketones (excluding diaryl/α,β-unsaturated/α-hetero) is 1. The van der Waals surface area contributed by atoms with Crippen LogP contribution in [0.3, 0.4) is 0 Å². The van der Waals surface area contributed by atoms with Gasteiger partial charge in [0.25, 0.3) is 0 Å². The maximum Gasteiger partial charge on any atom is 0.142 e. The van der Waals surface area contributed by atoms with Gasteiger partial charge in [-0.2, -0.15) is 0 Å². The van der Waals surface area contributed by atoms with Crippen LogP contribution in [-0.4, -0.2) is 50.5 Å². The number of unbranched alkanes of at least 4 members (excludes halogenated alkanes) is 2. The van der Waals surface area contributed by atoms with Crippen molar-refractivity contribution in [3.8, 4) is 5.75 Å². The van der Waals surface area contributed by atoms with Gasteiger partial charge in [0.1, 0.15) is 11.5 Å². The molecule has 1 unspecified atom stereocenters. The normalized spacial score (nSPS) is 15.7. The number of hydrogen-bond donors (Lipinski definition) is 0. The molecule has 0 amide bonds. The molecule has 2 aromatic carbocycles. The number of nitrogens with zero attached hydrogens (tertiary/aromatic N) is 2. The summed E-state index contributed by atoms with van der Waals surface area (Å²) < 4.78 is 5.53. The molecule has 0 radical (unpaired) electrons. The van der Waals surface area contributed by atoms with E-state index < -0.39 is 0 Å². The zero-order chi connectivity index (χ0) is 21.2. The summed E-state index contributed by atoms with van der Waals surface area (Å²) >= 11 is 0. The van der Waals surface area contributed by atoms with Gasteiger partial charge in [0.15, 0.2) is 0 Å². The minimum Gasteiger partial charge on any atom is -0.495 e. The molecule has 0 N–H and O–H groups in total. The number of para-hydroxylation sites is 2. The number of ether oxygens (including phenoxy) is 1. The Hall–Kier alpha value is -2.33. The van der Waals surface area contributed by atoms with Crippen LogP contribution in [0, 0.1) is 0 Å². The highest BCUT2D eigenvalue weighted by Gasteiger charge is 2.23. The summed E-state index contributed by atoms with van der Waals surface area (Å²) in [7, 11) is 1.73. The van der Waals surface area contributed by atoms with E-state index in [-0.39, 0.29) is 5.92 Å². The second kappa shape index (κ2) is 11.8. The van der Waals surface area contributed by atoms with E-state index in [4.69, 9.17) is 4.74 Å². The zero-order valence-electron chi connectivity index (χ0n) is 18.6. The molecule has 0 spiro atoms. The predicted octanol–water partition coefficient (Wildman–Crippen LogP) is 5.14. The van der Waals surface area contributed by atoms with Gasteiger partial charge in [-0.25, -0.2) is 0 Å². The van der Waals surface area contributed by atoms with Crippen LogP contribution in [0.25, 0.3) is 0 Å². The molecular formula is C26H36N2O2. The van der Waals surface area contributed by atoms with Crippen molar-refractivity contribution in [2.24, 2.45) is 0 Å². The van der Waals surface area contributed by atoms with Crippen molar-refractivity contribution in [2.45, 2.75) is 44.9 Å². The van der Waals surface area contributed by atoms with Crippen molar-refractivity contribution in [3.63, 3.8) is 0 Å². The highest BCUT2D eigenvalue weighted by atomic mass is 16.5. The van der Waals surface area contributed by atoms with Crippen LogP contribution in [0.2, 0.25) is 0 Å². The molecule has 162 valence electrons. The summed E-state index contributed by atoms with van der Waals surface area (Å²) in [6, 6.07) is 18.6. The molecule has 0 bridgehead atoms. The highest BCUT2D eigenvalue weighted by molar-refractivity contribution is 5.85. The van der Waals surface area contributed by atoms with Gasteiger partial charge in [-0.05, 0) is 37.1 Å². The van der Waals surface area contributed by atoms with Crippen molar-refractivity contribution in [1.29, 1.82) is 0 Å². The average Bonchev–Trinajstić information content (AvgIpc) is 2.80. The van der Waals surface area contributed by atoms with E-state index in [0.29, 0.717) is 12.2 Å². The van der Waals surface area contributed by atoms with Gasteiger partial charge in [0.05, 0.1) is 12.8 Å². The molecule has 1 fully saturated rings. The lowest BCUT2D eigenvalue weighted by molar-refractivity contribution is -0.120. The second-order valence-corrected chi connectivity index (χ2v) is 8.18. The lowest BCUT2D eigenvalue weighted by atomic mass is 9.88. The van der Waals surface area contributed by atoms with E-state index in [1.54, 1.807) is 7.11 Å². The van der Waals surface area contributed by atoms with Crippen LogP contribution in [0.5, 0.6) is 5.75 Å². The molecule has 0 saturated carbocycles. The van der Waals surface area contributed by atoms with Crippen LogP contribution in [0.15, 0.2) is 54.6 Å². The number of ketones is 1. The summed E-state index contributed by atoms with van der Waals surface area (Å²) in [5.74, 6) is 1.37. The van der Waals surface area contributed by atoms with Crippen LogP contribution >= 0.6 is 0 Å². The Morgan fingerprint density at radius 2 is 1.67 bits per heavy atom. The number of piperazine rings is 1. The fourth-order valence-electron chi connectivity index (χ4n) is 4.34. The van der Waals surface area contributed by atoms with Crippen molar-refractivity contribution >= 4 is 11.5 Å². The van der Waals surface area contributed by atoms with Crippen LogP contribution < -0.4 is 9.64 Å². The SMILES string of the molecule is CCCCCC(=O)C(CCN1CCN(c2ccccc2OC)CC1)c1ccccc1. The van der Waals surface area contributed by atoms with Gasteiger partial charge in [-0.15, -0.1) is 0 Å². The van der Waals surface area contributed by atoms with Gasteiger partial charge < -0.3 is 9.64 Å². The number of carbonyl (C=O) groups is 1. The number of carbonyl (C=O) groups excluding carboxylic acids is 1. The number of methoxy groups -OCH3 is 1. The quantitative estimate of drug-likeness (QED) is 0.482. The fraction of sp³-hybridized carbons (Fsp3) is 0.500. The highest BCUT2D eigenvalue weighted by Crippen LogP contribution is 2.29. The van der Waals surface area contributed by atoms with E-state index in [1.807, 2.05) is 30.3 Å². The maximum absolute atomic E-state index is 13.0. The van der Waals surface area contributed by atoms with Crippen LogP contribution in [-0.2, 0) is 4.79 Å². The predicted molar refractivity (Wildman–Crippen MR) is 125 cm³/mol. The molecule has 0 aromatic heterocycles. The Balaban J connectivity index is 1.55. The second-order valence-electron chi connectivity index (χ2n) is 8.18. The smallest absolute Gasteiger partial charge is 0.142 e. The van der Waals surface area contributed by atoms with E-state index in [9.17, 15) is 4.79 Å². The monoisotopic (exact) mass is 408 g/mol. The van der Waals surface area contributed by atoms with Crippen LogP contribution in [0.4, 0.5) is 5.69 Å². The molecule has 1 aliphatic rings. The number of rotatable bonds is 11. The summed E-state index contributed by atoms with van der Waals surface area (Å²) in [5.41, 5.74) is 2.35. The Kier molecular flexibility index (Phi) is 8.76. The summed E-state index contributed by atoms with van der Waals surface area (Å²) in [6.07, 6.45) is 4.91. The van der Waals surface area contributed by atoms with Crippen molar-refractivity contribution in [1.82, 2.24) is 4.90 Å². The molecule has 30 heavy (non-hydrogen) atoms. The average molecular weight is 409 g/mol. The largest absolute Gasteiger partial charge is 0.495 e. The number of hydrogen-bond acceptors (Lipinski definition) is 4. The van der Waals surface area contributed by atoms with E-state index in [0.717, 1.165) is 64.2 Å². The minimum absolute atomic E-state index is 0.0234. The minimum atomic E-state index is 0.0234. The topological polar surface area (TPSA) is 32.8 Å². The Morgan fingerprint density at radius 3 is 2.37 bits per heavy atom. The summed E-state index contributed by atoms with van der Waals surface area (Å²) in [5, 5.41) is 0. The number of anilines is 1. The Labute approximate surface area is 181 Å². The Bertz CT molecular complexity index is 770. The van der Waals surface area contributed by atoms with E-state index in [2.05, 4.69) is 41.0 Å². The van der Waals surface area contributed by atoms with Crippen molar-refractivity contribution < 1.29 is 9.53 Å². The van der Waals surface area contributed by atoms with Crippen molar-refractivity contribution in [3.05, 3.63) is 60.2 Å². The molecule has 1 atom stereocenters. The zero-order valence-corrected chi connectivity index (χ0v) is 18.6. The Morgan fingerprint density at radius 1 is 0.967 bits per heavy atom. The summed E-state index contributed by atoms with van der Waals surface area (Å²) in [6.45, 7) is 7.16. The first kappa shape index (κ1) is 22.4. The van der Waals surface area contributed by atoms with E-state index in [1.165, 1.54) is 11.3 Å². The van der Waals surface area contributed by atoms with Gasteiger partial charge in [0, 0.05) is 38.5 Å². The maximum atomic E-state index is 13.0. The van der Waals surface area contributed by atoms with Gasteiger partial charge in [-0.1, -0.05) is 62.2 Å². The molecule has 1 saturated heterocycles. The molecule has 1 aliphatic heterocycles. The first-order chi connectivity index (χ1) is 14.7. The molecule has 4 nitrogen and oxygen atoms in total. The molecule has 1 heterocycles. The molecular weight excluding hydrogens is 372 g/mol. The number of benzene rings is 2. The van der Waals surface area contributed by atoms with Gasteiger partial charge >= 0.3 is 0 Å². The van der Waals surface area contributed by atoms with Crippen LogP contribution in [0.1, 0.15) is 50.5 Å². The lowest BCUT2D eigenvalue weighted by Gasteiger charge is -2.37. The standard InChI is InChI=1S/C26H36N2O2/c1-3-4-6-14-25(29)23(22-11-7-5-8-12-22)16-17-27-18-20-28(21-19-27)24-13-9-10-15-26(24)30-2/h5,7-13,15,23H,3-4,6,14,16-21H2,1-2H3. The third-order valence-electron chi connectivity index (χ3n) is 6.15. The third-order valence-corrected chi connectivity index (χ3v) is 6.15. The lowest BCUT2D eigenvalue weighted by Crippen LogP contribution is -2.47. The summed E-state index contributed by atoms with van der Waals surface area (Å²) in [4.78, 5) is 17.9. The molecule has 4 heteroatoms.